The van der Waals surface area contributed by atoms with Gasteiger partial charge in [-0.2, -0.15) is 0 Å². The van der Waals surface area contributed by atoms with Crippen LogP contribution in [0.3, 0.4) is 0 Å². The molecule has 0 aromatic heterocycles. The molecule has 0 radical (unpaired) electrons. The SMILES string of the molecule is CC(C)(O)C(C)(C)OBc1cc(Cl)ccc1O. The van der Waals surface area contributed by atoms with E-state index in [2.05, 4.69) is 0 Å². The number of rotatable bonds is 4. The Balaban J connectivity index is 2.77. The quantitative estimate of drug-likeness (QED) is 0.805. The molecule has 0 saturated heterocycles. The lowest BCUT2D eigenvalue weighted by Crippen LogP contribution is -2.49. The second-order valence-electron chi connectivity index (χ2n) is 5.13. The summed E-state index contributed by atoms with van der Waals surface area (Å²) in [5.41, 5.74) is -1.09. The van der Waals surface area contributed by atoms with E-state index in [1.165, 1.54) is 6.07 Å². The summed E-state index contributed by atoms with van der Waals surface area (Å²) in [6.07, 6.45) is 0. The number of phenolic OH excluding ortho intramolecular Hbond substituents is 1. The fraction of sp³-hybridized carbons (Fsp3) is 0.500. The number of phenols is 1. The van der Waals surface area contributed by atoms with E-state index in [1.54, 1.807) is 39.8 Å². The van der Waals surface area contributed by atoms with Gasteiger partial charge in [-0.3, -0.25) is 0 Å². The molecule has 0 saturated carbocycles. The lowest BCUT2D eigenvalue weighted by molar-refractivity contribution is -0.0893. The highest BCUT2D eigenvalue weighted by atomic mass is 35.5. The van der Waals surface area contributed by atoms with Crippen molar-refractivity contribution >= 4 is 24.5 Å². The van der Waals surface area contributed by atoms with Crippen LogP contribution in [0, 0.1) is 0 Å². The fourth-order valence-electron chi connectivity index (χ4n) is 1.10. The van der Waals surface area contributed by atoms with Crippen LogP contribution in [0.15, 0.2) is 18.2 Å². The Morgan fingerprint density at radius 3 is 2.35 bits per heavy atom. The highest BCUT2D eigenvalue weighted by Crippen LogP contribution is 2.24. The van der Waals surface area contributed by atoms with E-state index in [0.29, 0.717) is 10.5 Å². The van der Waals surface area contributed by atoms with Crippen LogP contribution in [-0.2, 0) is 4.65 Å². The Bertz CT molecular complexity index is 399. The van der Waals surface area contributed by atoms with Crippen molar-refractivity contribution in [2.24, 2.45) is 0 Å². The first kappa shape index (κ1) is 14.4. The molecule has 0 aliphatic carbocycles. The first-order valence-electron chi connectivity index (χ1n) is 5.47. The zero-order valence-corrected chi connectivity index (χ0v) is 11.4. The highest BCUT2D eigenvalue weighted by Gasteiger charge is 2.35. The van der Waals surface area contributed by atoms with Crippen molar-refractivity contribution < 1.29 is 14.9 Å². The third-order valence-electron chi connectivity index (χ3n) is 3.10. The van der Waals surface area contributed by atoms with Gasteiger partial charge in [-0.25, -0.2) is 0 Å². The summed E-state index contributed by atoms with van der Waals surface area (Å²) in [5.74, 6) is 0.140. The standard InChI is InChI=1S/C12H18BClO3/c1-11(2,16)12(3,4)17-13-9-7-8(14)5-6-10(9)15/h5-7,13,15-16H,1-4H3. The van der Waals surface area contributed by atoms with Gasteiger partial charge in [0, 0.05) is 5.02 Å². The molecule has 3 nitrogen and oxygen atoms in total. The second kappa shape index (κ2) is 4.88. The predicted molar refractivity (Wildman–Crippen MR) is 71.4 cm³/mol. The van der Waals surface area contributed by atoms with E-state index >= 15 is 0 Å². The van der Waals surface area contributed by atoms with Crippen LogP contribution in [0.4, 0.5) is 0 Å². The number of hydrogen-bond acceptors (Lipinski definition) is 3. The topological polar surface area (TPSA) is 49.7 Å². The van der Waals surface area contributed by atoms with Crippen LogP contribution < -0.4 is 5.46 Å². The van der Waals surface area contributed by atoms with Crippen molar-refractivity contribution in [1.82, 2.24) is 0 Å². The molecule has 94 valence electrons. The lowest BCUT2D eigenvalue weighted by Gasteiger charge is -2.37. The van der Waals surface area contributed by atoms with E-state index < -0.39 is 11.2 Å². The summed E-state index contributed by atoms with van der Waals surface area (Å²) in [4.78, 5) is 0. The zero-order chi connectivity index (χ0) is 13.3. The van der Waals surface area contributed by atoms with Crippen molar-refractivity contribution in [3.05, 3.63) is 23.2 Å². The van der Waals surface area contributed by atoms with E-state index in [9.17, 15) is 10.2 Å². The van der Waals surface area contributed by atoms with Crippen LogP contribution in [0.5, 0.6) is 5.75 Å². The molecule has 0 atom stereocenters. The normalized spacial score (nSPS) is 12.6. The summed E-state index contributed by atoms with van der Waals surface area (Å²) in [6, 6.07) is 4.79. The van der Waals surface area contributed by atoms with Crippen molar-refractivity contribution in [1.29, 1.82) is 0 Å². The zero-order valence-electron chi connectivity index (χ0n) is 10.6. The molecule has 0 amide bonds. The first-order chi connectivity index (χ1) is 7.63. The highest BCUT2D eigenvalue weighted by molar-refractivity contribution is 6.49. The van der Waals surface area contributed by atoms with E-state index in [0.717, 1.165) is 0 Å². The minimum atomic E-state index is -0.971. The number of benzene rings is 1. The van der Waals surface area contributed by atoms with Crippen molar-refractivity contribution in [2.75, 3.05) is 0 Å². The van der Waals surface area contributed by atoms with Crippen LogP contribution in [-0.4, -0.2) is 28.9 Å². The average molecular weight is 257 g/mol. The van der Waals surface area contributed by atoms with E-state index in [-0.39, 0.29) is 13.2 Å². The second-order valence-corrected chi connectivity index (χ2v) is 5.57. The largest absolute Gasteiger partial charge is 0.508 e. The average Bonchev–Trinajstić information content (AvgIpc) is 2.18. The Kier molecular flexibility index (Phi) is 4.13. The Hall–Kier alpha value is -0.705. The van der Waals surface area contributed by atoms with Gasteiger partial charge in [0.1, 0.15) is 5.75 Å². The first-order valence-corrected chi connectivity index (χ1v) is 5.85. The molecule has 0 aliphatic rings. The molecule has 0 aliphatic heterocycles. The van der Waals surface area contributed by atoms with Gasteiger partial charge in [0.25, 0.3) is 0 Å². The molecule has 0 unspecified atom stereocenters. The molecule has 1 rings (SSSR count). The molecular weight excluding hydrogens is 238 g/mol. The minimum Gasteiger partial charge on any atom is -0.508 e. The smallest absolute Gasteiger partial charge is 0.313 e. The Morgan fingerprint density at radius 2 is 1.82 bits per heavy atom. The maximum Gasteiger partial charge on any atom is 0.313 e. The Morgan fingerprint density at radius 1 is 1.24 bits per heavy atom. The van der Waals surface area contributed by atoms with Crippen LogP contribution in [0.25, 0.3) is 0 Å². The molecule has 0 bridgehead atoms. The van der Waals surface area contributed by atoms with Gasteiger partial charge < -0.3 is 14.9 Å². The van der Waals surface area contributed by atoms with Gasteiger partial charge in [0.05, 0.1) is 11.2 Å². The van der Waals surface area contributed by atoms with Gasteiger partial charge in [0.2, 0.25) is 0 Å². The maximum absolute atomic E-state index is 9.93. The number of aliphatic hydroxyl groups is 1. The van der Waals surface area contributed by atoms with Gasteiger partial charge in [-0.1, -0.05) is 11.6 Å². The van der Waals surface area contributed by atoms with Crippen molar-refractivity contribution in [2.45, 2.75) is 38.9 Å². The molecule has 1 aromatic carbocycles. The third-order valence-corrected chi connectivity index (χ3v) is 3.34. The Labute approximate surface area is 108 Å². The molecule has 17 heavy (non-hydrogen) atoms. The number of halogens is 1. The minimum absolute atomic E-state index is 0.140. The predicted octanol–water partition coefficient (Wildman–Crippen LogP) is 1.59. The molecule has 0 fully saturated rings. The summed E-state index contributed by atoms with van der Waals surface area (Å²) in [7, 11) is 0.198. The van der Waals surface area contributed by atoms with Gasteiger partial charge in [-0.05, 0) is 51.4 Å². The van der Waals surface area contributed by atoms with E-state index in [1.807, 2.05) is 0 Å². The maximum atomic E-state index is 9.93. The molecule has 0 spiro atoms. The molecule has 1 aromatic rings. The molecule has 5 heteroatoms. The summed E-state index contributed by atoms with van der Waals surface area (Å²) < 4.78 is 5.65. The molecule has 0 heterocycles. The summed E-state index contributed by atoms with van der Waals surface area (Å²) in [6.45, 7) is 6.97. The fourth-order valence-corrected chi connectivity index (χ4v) is 1.30. The van der Waals surface area contributed by atoms with Crippen molar-refractivity contribution in [3.8, 4) is 5.75 Å². The van der Waals surface area contributed by atoms with Crippen LogP contribution >= 0.6 is 11.6 Å². The van der Waals surface area contributed by atoms with Crippen LogP contribution in [0.2, 0.25) is 5.02 Å². The molecular formula is C12H18BClO3. The van der Waals surface area contributed by atoms with Gasteiger partial charge in [0.15, 0.2) is 0 Å². The van der Waals surface area contributed by atoms with Crippen molar-refractivity contribution in [3.63, 3.8) is 0 Å². The van der Waals surface area contributed by atoms with Crippen LogP contribution in [0.1, 0.15) is 27.7 Å². The summed E-state index contributed by atoms with van der Waals surface area (Å²) in [5, 5.41) is 20.1. The lowest BCUT2D eigenvalue weighted by atomic mass is 9.82. The van der Waals surface area contributed by atoms with Gasteiger partial charge in [-0.15, -0.1) is 0 Å². The summed E-state index contributed by atoms with van der Waals surface area (Å²) >= 11 is 5.84. The van der Waals surface area contributed by atoms with Gasteiger partial charge >= 0.3 is 7.48 Å². The molecule has 2 N–H and O–H groups in total. The monoisotopic (exact) mass is 256 g/mol. The number of hydrogen-bond donors (Lipinski definition) is 2. The third kappa shape index (κ3) is 3.63. The number of aromatic hydroxyl groups is 1. The van der Waals surface area contributed by atoms with E-state index in [4.69, 9.17) is 16.3 Å².